The molecule has 0 heterocycles. The molecule has 0 saturated carbocycles. The van der Waals surface area contributed by atoms with Crippen LogP contribution in [0.2, 0.25) is 0 Å². The monoisotopic (exact) mass is 428 g/mol. The Kier molecular flexibility index (Phi) is 7.17. The number of rotatable bonds is 8. The van der Waals surface area contributed by atoms with Crippen LogP contribution in [0.4, 0.5) is 0 Å². The minimum Gasteiger partial charge on any atom is -0.504 e. The van der Waals surface area contributed by atoms with Gasteiger partial charge in [0.2, 0.25) is 0 Å². The van der Waals surface area contributed by atoms with Crippen molar-refractivity contribution < 1.29 is 19.1 Å². The summed E-state index contributed by atoms with van der Waals surface area (Å²) in [6.45, 7) is 0.343. The highest BCUT2D eigenvalue weighted by Crippen LogP contribution is 2.37. The molecule has 0 aliphatic heterocycles. The summed E-state index contributed by atoms with van der Waals surface area (Å²) in [6, 6.07) is 22.4. The van der Waals surface area contributed by atoms with Gasteiger partial charge in [-0.05, 0) is 65.5 Å². The fourth-order valence-corrected chi connectivity index (χ4v) is 3.30. The molecule has 30 heavy (non-hydrogen) atoms. The maximum atomic E-state index is 10.1. The van der Waals surface area contributed by atoms with Gasteiger partial charge < -0.3 is 20.3 Å². The van der Waals surface area contributed by atoms with E-state index < -0.39 is 6.98 Å². The molecule has 0 bridgehead atoms. The lowest BCUT2D eigenvalue weighted by Gasteiger charge is -2.17. The molecule has 158 valence electrons. The predicted octanol–water partition coefficient (Wildman–Crippen LogP) is 5.49. The van der Waals surface area contributed by atoms with Gasteiger partial charge in [-0.1, -0.05) is 55.5 Å². The third kappa shape index (κ3) is 5.56. The Morgan fingerprint density at radius 2 is 1.60 bits per heavy atom. The summed E-state index contributed by atoms with van der Waals surface area (Å²) < 4.78 is 27.1. The number of ether oxygens (including phenoxy) is 1. The molecule has 4 nitrogen and oxygen atoms in total. The second-order valence-electron chi connectivity index (χ2n) is 6.58. The first-order chi connectivity index (χ1) is 15.3. The molecule has 0 aliphatic rings. The molecular formula is C25H28ClNO3. The molecule has 3 rings (SSSR count). The normalized spacial score (nSPS) is 13.3. The zero-order valence-corrected chi connectivity index (χ0v) is 17.6. The van der Waals surface area contributed by atoms with Crippen LogP contribution < -0.4 is 10.1 Å². The van der Waals surface area contributed by atoms with Gasteiger partial charge >= 0.3 is 0 Å². The Bertz CT molecular complexity index is 1070. The standard InChI is InChI=1S/C25H27NO3.ClH/c1-3-22(18-7-5-4-6-8-18)25(20-11-14-23(27)24(28)17-20)19-9-12-21(13-10-19)29-16-15-26-2;/h4-14,17,26-28H,3,15-16H2,1-2H3;1H/b25-22+;/i2D3;. The molecule has 3 aromatic carbocycles. The Hall–Kier alpha value is -2.95. The van der Waals surface area contributed by atoms with E-state index in [1.807, 2.05) is 42.5 Å². The summed E-state index contributed by atoms with van der Waals surface area (Å²) in [5.74, 6) is 0.289. The molecule has 0 aliphatic carbocycles. The van der Waals surface area contributed by atoms with Gasteiger partial charge in [0.05, 0.1) is 0 Å². The van der Waals surface area contributed by atoms with Gasteiger partial charge in [0.25, 0.3) is 0 Å². The highest BCUT2D eigenvalue weighted by molar-refractivity contribution is 5.98. The van der Waals surface area contributed by atoms with Crippen molar-refractivity contribution >= 4 is 23.6 Å². The predicted molar refractivity (Wildman–Crippen MR) is 126 cm³/mol. The number of nitrogens with one attached hydrogen (secondary N) is 1. The van der Waals surface area contributed by atoms with Gasteiger partial charge in [0.1, 0.15) is 12.4 Å². The topological polar surface area (TPSA) is 61.7 Å². The molecule has 0 aromatic heterocycles. The summed E-state index contributed by atoms with van der Waals surface area (Å²) in [5.41, 5.74) is 4.85. The van der Waals surface area contributed by atoms with E-state index in [0.717, 1.165) is 34.3 Å². The number of phenols is 2. The fourth-order valence-electron chi connectivity index (χ4n) is 3.30. The van der Waals surface area contributed by atoms with E-state index in [2.05, 4.69) is 24.4 Å². The first-order valence-electron chi connectivity index (χ1n) is 11.1. The van der Waals surface area contributed by atoms with Crippen molar-refractivity contribution in [3.05, 3.63) is 89.5 Å². The molecule has 0 amide bonds. The second-order valence-corrected chi connectivity index (χ2v) is 6.58. The Labute approximate surface area is 188 Å². The number of benzene rings is 3. The molecule has 0 unspecified atom stereocenters. The van der Waals surface area contributed by atoms with Gasteiger partial charge in [-0.25, -0.2) is 0 Å². The summed E-state index contributed by atoms with van der Waals surface area (Å²) in [4.78, 5) is 0. The first-order valence-corrected chi connectivity index (χ1v) is 9.57. The number of likely N-dealkylation sites (N-methyl/N-ethyl adjacent to an activating group) is 1. The SMILES string of the molecule is Cl.[2H]C([2H])([2H])NCCOc1ccc(/C(=C(/CC)c2ccccc2)c2ccc(O)c(O)c2)cc1. The zero-order valence-electron chi connectivity index (χ0n) is 19.8. The smallest absolute Gasteiger partial charge is 0.158 e. The minimum absolute atomic E-state index is 0. The van der Waals surface area contributed by atoms with Crippen LogP contribution in [0.15, 0.2) is 72.8 Å². The number of aromatic hydroxyl groups is 2. The van der Waals surface area contributed by atoms with Gasteiger partial charge in [-0.15, -0.1) is 12.4 Å². The molecule has 0 saturated heterocycles. The minimum atomic E-state index is -2.18. The lowest BCUT2D eigenvalue weighted by atomic mass is 9.88. The highest BCUT2D eigenvalue weighted by atomic mass is 35.5. The van der Waals surface area contributed by atoms with E-state index >= 15 is 0 Å². The molecule has 3 aromatic rings. The Morgan fingerprint density at radius 3 is 2.23 bits per heavy atom. The first kappa shape index (κ1) is 19.0. The summed E-state index contributed by atoms with van der Waals surface area (Å²) >= 11 is 0. The Balaban J connectivity index is 0.00000385. The van der Waals surface area contributed by atoms with Gasteiger partial charge in [-0.3, -0.25) is 0 Å². The molecule has 3 N–H and O–H groups in total. The van der Waals surface area contributed by atoms with Crippen LogP contribution >= 0.6 is 12.4 Å². The summed E-state index contributed by atoms with van der Waals surface area (Å²) in [5, 5.41) is 22.3. The van der Waals surface area contributed by atoms with Crippen molar-refractivity contribution in [3.8, 4) is 17.2 Å². The summed E-state index contributed by atoms with van der Waals surface area (Å²) in [6.07, 6.45) is 0.764. The molecule has 0 spiro atoms. The molecule has 0 atom stereocenters. The van der Waals surface area contributed by atoms with Crippen LogP contribution in [-0.4, -0.2) is 30.3 Å². The number of allylic oxidation sites excluding steroid dienone is 1. The van der Waals surface area contributed by atoms with Gasteiger partial charge in [-0.2, -0.15) is 0 Å². The lowest BCUT2D eigenvalue weighted by molar-refractivity contribution is 0.318. The van der Waals surface area contributed by atoms with Crippen LogP contribution in [0.1, 0.15) is 34.1 Å². The molecular weight excluding hydrogens is 398 g/mol. The molecule has 5 heteroatoms. The van der Waals surface area contributed by atoms with E-state index in [4.69, 9.17) is 8.85 Å². The lowest BCUT2D eigenvalue weighted by Crippen LogP contribution is -2.15. The van der Waals surface area contributed by atoms with E-state index in [0.29, 0.717) is 5.75 Å². The number of phenolic OH excluding ortho intramolecular Hbond substituents is 2. The van der Waals surface area contributed by atoms with E-state index in [9.17, 15) is 10.2 Å². The zero-order chi connectivity index (χ0) is 23.1. The van der Waals surface area contributed by atoms with Crippen LogP contribution in [0, 0.1) is 0 Å². The van der Waals surface area contributed by atoms with Gasteiger partial charge in [0.15, 0.2) is 11.5 Å². The van der Waals surface area contributed by atoms with Crippen LogP contribution in [0.3, 0.4) is 0 Å². The second kappa shape index (κ2) is 11.3. The quantitative estimate of drug-likeness (QED) is 0.252. The van der Waals surface area contributed by atoms with Crippen molar-refractivity contribution in [2.24, 2.45) is 0 Å². The van der Waals surface area contributed by atoms with Crippen molar-refractivity contribution in [2.75, 3.05) is 20.1 Å². The molecule has 0 fully saturated rings. The summed E-state index contributed by atoms with van der Waals surface area (Å²) in [7, 11) is 0. The van der Waals surface area contributed by atoms with Crippen molar-refractivity contribution in [2.45, 2.75) is 13.3 Å². The van der Waals surface area contributed by atoms with Gasteiger partial charge in [0, 0.05) is 10.7 Å². The van der Waals surface area contributed by atoms with E-state index in [1.165, 1.54) is 6.07 Å². The average Bonchev–Trinajstić information content (AvgIpc) is 2.77. The number of hydrogen-bond acceptors (Lipinski definition) is 4. The Morgan fingerprint density at radius 1 is 0.900 bits per heavy atom. The van der Waals surface area contributed by atoms with Crippen molar-refractivity contribution in [3.63, 3.8) is 0 Å². The number of hydrogen-bond donors (Lipinski definition) is 3. The van der Waals surface area contributed by atoms with Crippen molar-refractivity contribution in [1.82, 2.24) is 5.32 Å². The van der Waals surface area contributed by atoms with Crippen LogP contribution in [0.25, 0.3) is 11.1 Å². The highest BCUT2D eigenvalue weighted by Gasteiger charge is 2.15. The number of halogens is 1. The average molecular weight is 429 g/mol. The maximum absolute atomic E-state index is 10.1. The van der Waals surface area contributed by atoms with Crippen LogP contribution in [0.5, 0.6) is 17.2 Å². The molecule has 0 radical (unpaired) electrons. The van der Waals surface area contributed by atoms with E-state index in [1.54, 1.807) is 12.1 Å². The third-order valence-electron chi connectivity index (χ3n) is 4.68. The fraction of sp³-hybridized carbons (Fsp3) is 0.200. The maximum Gasteiger partial charge on any atom is 0.158 e. The van der Waals surface area contributed by atoms with E-state index in [-0.39, 0.29) is 37.1 Å². The largest absolute Gasteiger partial charge is 0.504 e. The van der Waals surface area contributed by atoms with Crippen molar-refractivity contribution in [1.29, 1.82) is 0 Å². The van der Waals surface area contributed by atoms with Crippen LogP contribution in [-0.2, 0) is 0 Å². The third-order valence-corrected chi connectivity index (χ3v) is 4.68.